The minimum atomic E-state index is 1.14. The molecule has 0 amide bonds. The molecule has 6 aromatic carbocycles. The number of fused-ring (bicyclic) bond motifs is 5. The van der Waals surface area contributed by atoms with Gasteiger partial charge in [0.2, 0.25) is 0 Å². The van der Waals surface area contributed by atoms with Crippen molar-refractivity contribution in [1.29, 1.82) is 0 Å². The first kappa shape index (κ1) is 21.8. The molecule has 0 saturated carbocycles. The predicted molar refractivity (Wildman–Crippen MR) is 164 cm³/mol. The van der Waals surface area contributed by atoms with E-state index in [0.29, 0.717) is 0 Å². The predicted octanol–water partition coefficient (Wildman–Crippen LogP) is 9.82. The summed E-state index contributed by atoms with van der Waals surface area (Å²) in [6.45, 7) is 0. The van der Waals surface area contributed by atoms with Crippen LogP contribution in [0.15, 0.2) is 146 Å². The van der Waals surface area contributed by atoms with Gasteiger partial charge in [-0.1, -0.05) is 109 Å². The smallest absolute Gasteiger partial charge is 0.0571 e. The molecule has 0 atom stereocenters. The van der Waals surface area contributed by atoms with E-state index >= 15 is 0 Å². The fourth-order valence-corrected chi connectivity index (χ4v) is 6.23. The van der Waals surface area contributed by atoms with Gasteiger partial charge in [-0.2, -0.15) is 0 Å². The van der Waals surface area contributed by atoms with E-state index in [1.807, 2.05) is 12.4 Å². The van der Waals surface area contributed by atoms with Gasteiger partial charge >= 0.3 is 0 Å². The van der Waals surface area contributed by atoms with E-state index in [-0.39, 0.29) is 0 Å². The Kier molecular flexibility index (Phi) is 4.86. The van der Waals surface area contributed by atoms with E-state index in [1.54, 1.807) is 0 Å². The summed E-state index contributed by atoms with van der Waals surface area (Å²) in [5.41, 5.74) is 8.53. The van der Waals surface area contributed by atoms with Crippen LogP contribution in [0.25, 0.3) is 71.3 Å². The molecule has 0 saturated heterocycles. The van der Waals surface area contributed by atoms with Crippen LogP contribution < -0.4 is 0 Å². The Morgan fingerprint density at radius 2 is 0.872 bits per heavy atom. The average molecular weight is 497 g/mol. The van der Waals surface area contributed by atoms with Gasteiger partial charge in [0.05, 0.1) is 11.0 Å². The highest BCUT2D eigenvalue weighted by atomic mass is 15.0. The lowest BCUT2D eigenvalue weighted by Crippen LogP contribution is -1.94. The number of aromatic nitrogens is 2. The molecular weight excluding hydrogens is 472 g/mol. The van der Waals surface area contributed by atoms with E-state index in [4.69, 9.17) is 0 Å². The summed E-state index contributed by atoms with van der Waals surface area (Å²) in [5, 5.41) is 7.48. The Hall–Kier alpha value is -5.21. The van der Waals surface area contributed by atoms with Crippen LogP contribution >= 0.6 is 0 Å². The van der Waals surface area contributed by atoms with E-state index in [1.165, 1.54) is 65.6 Å². The number of pyridine rings is 1. The lowest BCUT2D eigenvalue weighted by molar-refractivity contribution is 1.17. The lowest BCUT2D eigenvalue weighted by Gasteiger charge is -2.18. The van der Waals surface area contributed by atoms with Crippen molar-refractivity contribution in [3.05, 3.63) is 146 Å². The summed E-state index contributed by atoms with van der Waals surface area (Å²) < 4.78 is 2.34. The summed E-state index contributed by atoms with van der Waals surface area (Å²) in [6.07, 6.45) is 3.84. The zero-order valence-electron chi connectivity index (χ0n) is 21.3. The van der Waals surface area contributed by atoms with Gasteiger partial charge in [-0.05, 0) is 68.1 Å². The Balaban J connectivity index is 1.38. The second-order valence-corrected chi connectivity index (χ2v) is 10.00. The second-order valence-electron chi connectivity index (χ2n) is 10.00. The first-order valence-electron chi connectivity index (χ1n) is 13.3. The van der Waals surface area contributed by atoms with E-state index in [0.717, 1.165) is 5.69 Å². The third kappa shape index (κ3) is 3.32. The molecule has 0 radical (unpaired) electrons. The molecule has 2 nitrogen and oxygen atoms in total. The Bertz CT molecular complexity index is 2040. The second kappa shape index (κ2) is 8.68. The van der Waals surface area contributed by atoms with E-state index in [2.05, 4.69) is 143 Å². The van der Waals surface area contributed by atoms with Crippen molar-refractivity contribution in [3.8, 4) is 27.9 Å². The van der Waals surface area contributed by atoms with E-state index < -0.39 is 0 Å². The number of benzene rings is 6. The van der Waals surface area contributed by atoms with Crippen LogP contribution in [0.4, 0.5) is 0 Å². The maximum atomic E-state index is 4.40. The average Bonchev–Trinajstić information content (AvgIpc) is 3.35. The fraction of sp³-hybridized carbons (Fsp3) is 0. The summed E-state index contributed by atoms with van der Waals surface area (Å²) >= 11 is 0. The summed E-state index contributed by atoms with van der Waals surface area (Å²) in [6, 6.07) is 48.1. The number of nitrogens with zero attached hydrogens (tertiary/aromatic N) is 2. The molecule has 39 heavy (non-hydrogen) atoms. The van der Waals surface area contributed by atoms with Gasteiger partial charge in [-0.25, -0.2) is 0 Å². The van der Waals surface area contributed by atoms with Gasteiger partial charge in [0.25, 0.3) is 0 Å². The Labute approximate surface area is 226 Å². The molecule has 0 aliphatic rings. The number of hydrogen-bond acceptors (Lipinski definition) is 1. The molecule has 182 valence electrons. The van der Waals surface area contributed by atoms with Crippen molar-refractivity contribution >= 4 is 43.4 Å². The van der Waals surface area contributed by atoms with Gasteiger partial charge in [-0.15, -0.1) is 0 Å². The van der Waals surface area contributed by atoms with Crippen LogP contribution in [0.2, 0.25) is 0 Å². The number of para-hydroxylation sites is 1. The van der Waals surface area contributed by atoms with Crippen LogP contribution in [0.5, 0.6) is 0 Å². The molecule has 0 aliphatic heterocycles. The van der Waals surface area contributed by atoms with Gasteiger partial charge in [0.15, 0.2) is 0 Å². The van der Waals surface area contributed by atoms with E-state index in [9.17, 15) is 0 Å². The van der Waals surface area contributed by atoms with Gasteiger partial charge in [-0.3, -0.25) is 4.98 Å². The van der Waals surface area contributed by atoms with Crippen LogP contribution in [0, 0.1) is 0 Å². The molecule has 0 spiro atoms. The zero-order chi connectivity index (χ0) is 25.8. The molecule has 0 N–H and O–H groups in total. The Morgan fingerprint density at radius 3 is 1.49 bits per heavy atom. The fourth-order valence-electron chi connectivity index (χ4n) is 6.23. The monoisotopic (exact) mass is 496 g/mol. The quantitative estimate of drug-likeness (QED) is 0.223. The molecule has 2 aromatic heterocycles. The van der Waals surface area contributed by atoms with Crippen LogP contribution in [-0.2, 0) is 0 Å². The van der Waals surface area contributed by atoms with Gasteiger partial charge < -0.3 is 4.57 Å². The van der Waals surface area contributed by atoms with Gasteiger partial charge in [0, 0.05) is 28.9 Å². The maximum absolute atomic E-state index is 4.40. The largest absolute Gasteiger partial charge is 0.309 e. The van der Waals surface area contributed by atoms with Crippen molar-refractivity contribution in [1.82, 2.24) is 9.55 Å². The molecule has 0 unspecified atom stereocenters. The van der Waals surface area contributed by atoms with Crippen molar-refractivity contribution in [2.24, 2.45) is 0 Å². The lowest BCUT2D eigenvalue weighted by atomic mass is 9.86. The first-order chi connectivity index (χ1) is 19.4. The van der Waals surface area contributed by atoms with Crippen LogP contribution in [0.1, 0.15) is 0 Å². The highest BCUT2D eigenvalue weighted by Crippen LogP contribution is 2.43. The third-order valence-corrected chi connectivity index (χ3v) is 7.88. The van der Waals surface area contributed by atoms with Crippen molar-refractivity contribution < 1.29 is 0 Å². The highest BCUT2D eigenvalue weighted by molar-refractivity contribution is 6.21. The van der Waals surface area contributed by atoms with Crippen molar-refractivity contribution in [2.75, 3.05) is 0 Å². The standard InChI is InChI=1S/C37H24N2/c1-2-10-25(11-3-1)36-29-13-4-6-15-31(29)37(32-16-7-5-14-30(32)36)26-18-20-27(21-19-26)39-34-17-9-8-12-28(34)33-24-38-23-22-35(33)39/h1-24H. The van der Waals surface area contributed by atoms with Gasteiger partial charge in [0.1, 0.15) is 0 Å². The summed E-state index contributed by atoms with van der Waals surface area (Å²) in [5.74, 6) is 0. The molecular formula is C37H24N2. The molecule has 8 rings (SSSR count). The Morgan fingerprint density at radius 1 is 0.385 bits per heavy atom. The summed E-state index contributed by atoms with van der Waals surface area (Å²) in [7, 11) is 0. The number of rotatable bonds is 3. The zero-order valence-corrected chi connectivity index (χ0v) is 21.3. The maximum Gasteiger partial charge on any atom is 0.0571 e. The number of hydrogen-bond donors (Lipinski definition) is 0. The molecule has 0 fully saturated rings. The minimum Gasteiger partial charge on any atom is -0.309 e. The molecule has 8 aromatic rings. The normalized spacial score (nSPS) is 11.6. The topological polar surface area (TPSA) is 17.8 Å². The van der Waals surface area contributed by atoms with Crippen LogP contribution in [-0.4, -0.2) is 9.55 Å². The minimum absolute atomic E-state index is 1.14. The highest BCUT2D eigenvalue weighted by Gasteiger charge is 2.17. The molecule has 2 heterocycles. The molecule has 0 bridgehead atoms. The summed E-state index contributed by atoms with van der Waals surface area (Å²) in [4.78, 5) is 4.40. The third-order valence-electron chi connectivity index (χ3n) is 7.88. The molecule has 0 aliphatic carbocycles. The SMILES string of the molecule is c1ccc(-c2c3ccccc3c(-c3ccc(-n4c5ccccc5c5cnccc54)cc3)c3ccccc23)cc1. The van der Waals surface area contributed by atoms with Crippen molar-refractivity contribution in [3.63, 3.8) is 0 Å². The van der Waals surface area contributed by atoms with Crippen molar-refractivity contribution in [2.45, 2.75) is 0 Å². The first-order valence-corrected chi connectivity index (χ1v) is 13.3. The van der Waals surface area contributed by atoms with Crippen LogP contribution in [0.3, 0.4) is 0 Å². The molecule has 2 heteroatoms.